The zero-order valence-corrected chi connectivity index (χ0v) is 12.5. The lowest BCUT2D eigenvalue weighted by molar-refractivity contribution is 0.0602. The first kappa shape index (κ1) is 13.8. The minimum Gasteiger partial charge on any atom is -0.465 e. The highest BCUT2D eigenvalue weighted by Gasteiger charge is 2.11. The Hall–Kier alpha value is -1.60. The first-order valence-corrected chi connectivity index (χ1v) is 7.03. The third kappa shape index (κ3) is 3.45. The molecule has 0 aliphatic heterocycles. The van der Waals surface area contributed by atoms with Crippen molar-refractivity contribution in [2.24, 2.45) is 0 Å². The molecular formula is C12H12BrN3O2S. The van der Waals surface area contributed by atoms with E-state index in [1.54, 1.807) is 17.4 Å². The molecule has 0 fully saturated rings. The summed E-state index contributed by atoms with van der Waals surface area (Å²) in [4.78, 5) is 16.8. The van der Waals surface area contributed by atoms with Crippen molar-refractivity contribution in [3.8, 4) is 0 Å². The van der Waals surface area contributed by atoms with Crippen molar-refractivity contribution in [3.63, 3.8) is 0 Å². The molecule has 19 heavy (non-hydrogen) atoms. The van der Waals surface area contributed by atoms with Crippen LogP contribution in [0.15, 0.2) is 28.2 Å². The Kier molecular flexibility index (Phi) is 4.39. The molecule has 2 heterocycles. The van der Waals surface area contributed by atoms with Crippen molar-refractivity contribution in [2.75, 3.05) is 18.2 Å². The number of nitrogen functional groups attached to an aromatic ring is 1. The fourth-order valence-corrected chi connectivity index (χ4v) is 2.90. The largest absolute Gasteiger partial charge is 0.465 e. The number of methoxy groups -OCH3 is 1. The summed E-state index contributed by atoms with van der Waals surface area (Å²) in [5.41, 5.74) is 6.30. The van der Waals surface area contributed by atoms with E-state index in [2.05, 4.69) is 31.0 Å². The molecule has 0 spiro atoms. The maximum Gasteiger partial charge on any atom is 0.340 e. The minimum absolute atomic E-state index is 0.302. The third-order valence-electron chi connectivity index (χ3n) is 2.41. The predicted octanol–water partition coefficient (Wildman–Crippen LogP) is 2.89. The van der Waals surface area contributed by atoms with E-state index in [9.17, 15) is 4.79 Å². The zero-order chi connectivity index (χ0) is 13.8. The number of carbonyl (C=O) groups is 1. The van der Waals surface area contributed by atoms with Crippen molar-refractivity contribution >= 4 is 44.7 Å². The zero-order valence-electron chi connectivity index (χ0n) is 10.1. The van der Waals surface area contributed by atoms with Gasteiger partial charge in [0.15, 0.2) is 0 Å². The SMILES string of the molecule is COC(=O)c1cc(NCc2ccc(Br)s2)ncc1N. The summed E-state index contributed by atoms with van der Waals surface area (Å²) in [5.74, 6) is 0.112. The van der Waals surface area contributed by atoms with Crippen LogP contribution in [0.5, 0.6) is 0 Å². The molecule has 2 aromatic heterocycles. The number of pyridine rings is 1. The molecule has 7 heteroatoms. The highest BCUT2D eigenvalue weighted by molar-refractivity contribution is 9.11. The van der Waals surface area contributed by atoms with Crippen LogP contribution in [0.3, 0.4) is 0 Å². The molecule has 0 saturated heterocycles. The number of nitrogens with one attached hydrogen (secondary N) is 1. The molecule has 0 unspecified atom stereocenters. The summed E-state index contributed by atoms with van der Waals surface area (Å²) < 4.78 is 5.73. The van der Waals surface area contributed by atoms with Crippen LogP contribution in [-0.4, -0.2) is 18.1 Å². The number of halogens is 1. The lowest BCUT2D eigenvalue weighted by Crippen LogP contribution is -2.08. The molecule has 0 aliphatic rings. The van der Waals surface area contributed by atoms with Crippen LogP contribution in [0, 0.1) is 0 Å². The molecule has 0 aliphatic carbocycles. The number of rotatable bonds is 4. The van der Waals surface area contributed by atoms with E-state index < -0.39 is 5.97 Å². The van der Waals surface area contributed by atoms with Gasteiger partial charge in [-0.05, 0) is 34.1 Å². The lowest BCUT2D eigenvalue weighted by atomic mass is 10.2. The van der Waals surface area contributed by atoms with E-state index in [0.29, 0.717) is 23.6 Å². The standard InChI is InChI=1S/C12H12BrN3O2S/c1-18-12(17)8-4-11(16-6-9(8)14)15-5-7-2-3-10(13)19-7/h2-4,6H,5,14H2,1H3,(H,15,16). The average Bonchev–Trinajstić information content (AvgIpc) is 2.83. The molecule has 100 valence electrons. The Balaban J connectivity index is 2.10. The molecule has 0 atom stereocenters. The Morgan fingerprint density at radius 3 is 3.00 bits per heavy atom. The third-order valence-corrected chi connectivity index (χ3v) is 4.04. The summed E-state index contributed by atoms with van der Waals surface area (Å²) in [6.45, 7) is 0.633. The summed E-state index contributed by atoms with van der Waals surface area (Å²) in [6.07, 6.45) is 1.44. The number of nitrogens with two attached hydrogens (primary N) is 1. The number of ether oxygens (including phenoxy) is 1. The number of carbonyl (C=O) groups excluding carboxylic acids is 1. The fourth-order valence-electron chi connectivity index (χ4n) is 1.47. The molecule has 0 amide bonds. The second-order valence-electron chi connectivity index (χ2n) is 3.71. The number of aromatic nitrogens is 1. The molecular weight excluding hydrogens is 330 g/mol. The second-order valence-corrected chi connectivity index (χ2v) is 6.26. The Morgan fingerprint density at radius 2 is 2.37 bits per heavy atom. The number of esters is 1. The van der Waals surface area contributed by atoms with Crippen LogP contribution in [0.25, 0.3) is 0 Å². The summed E-state index contributed by atoms with van der Waals surface area (Å²) in [7, 11) is 1.32. The van der Waals surface area contributed by atoms with Crippen LogP contribution in [-0.2, 0) is 11.3 Å². The van der Waals surface area contributed by atoms with E-state index >= 15 is 0 Å². The Morgan fingerprint density at radius 1 is 1.58 bits per heavy atom. The molecule has 5 nitrogen and oxygen atoms in total. The van der Waals surface area contributed by atoms with E-state index in [-0.39, 0.29) is 0 Å². The summed E-state index contributed by atoms with van der Waals surface area (Å²) in [5, 5.41) is 3.14. The van der Waals surface area contributed by atoms with Crippen LogP contribution < -0.4 is 11.1 Å². The Bertz CT molecular complexity index is 600. The van der Waals surface area contributed by atoms with Crippen molar-refractivity contribution < 1.29 is 9.53 Å². The van der Waals surface area contributed by atoms with Gasteiger partial charge in [-0.25, -0.2) is 9.78 Å². The molecule has 0 bridgehead atoms. The van der Waals surface area contributed by atoms with Gasteiger partial charge in [0.1, 0.15) is 5.82 Å². The van der Waals surface area contributed by atoms with Gasteiger partial charge in [-0.2, -0.15) is 0 Å². The number of hydrogen-bond acceptors (Lipinski definition) is 6. The fraction of sp³-hybridized carbons (Fsp3) is 0.167. The van der Waals surface area contributed by atoms with Gasteiger partial charge in [0.05, 0.1) is 34.9 Å². The van der Waals surface area contributed by atoms with E-state index in [1.165, 1.54) is 13.3 Å². The number of hydrogen-bond donors (Lipinski definition) is 2. The smallest absolute Gasteiger partial charge is 0.340 e. The lowest BCUT2D eigenvalue weighted by Gasteiger charge is -2.07. The topological polar surface area (TPSA) is 77.2 Å². The predicted molar refractivity (Wildman–Crippen MR) is 79.3 cm³/mol. The first-order valence-electron chi connectivity index (χ1n) is 5.42. The normalized spacial score (nSPS) is 10.2. The summed E-state index contributed by atoms with van der Waals surface area (Å²) >= 11 is 5.04. The van der Waals surface area contributed by atoms with E-state index in [4.69, 9.17) is 5.73 Å². The maximum absolute atomic E-state index is 11.5. The van der Waals surface area contributed by atoms with E-state index in [1.807, 2.05) is 12.1 Å². The van der Waals surface area contributed by atoms with Crippen LogP contribution in [0.1, 0.15) is 15.2 Å². The molecule has 2 rings (SSSR count). The van der Waals surface area contributed by atoms with Gasteiger partial charge in [0, 0.05) is 4.88 Å². The van der Waals surface area contributed by atoms with Crippen LogP contribution in [0.2, 0.25) is 0 Å². The molecule has 0 aromatic carbocycles. The molecule has 3 N–H and O–H groups in total. The van der Waals surface area contributed by atoms with Crippen molar-refractivity contribution in [2.45, 2.75) is 6.54 Å². The first-order chi connectivity index (χ1) is 9.10. The van der Waals surface area contributed by atoms with Crippen LogP contribution in [0.4, 0.5) is 11.5 Å². The quantitative estimate of drug-likeness (QED) is 0.836. The highest BCUT2D eigenvalue weighted by atomic mass is 79.9. The van der Waals surface area contributed by atoms with Gasteiger partial charge in [-0.1, -0.05) is 0 Å². The van der Waals surface area contributed by atoms with Crippen LogP contribution >= 0.6 is 27.3 Å². The average molecular weight is 342 g/mol. The molecule has 0 saturated carbocycles. The Labute approximate surface area is 122 Å². The monoisotopic (exact) mass is 341 g/mol. The van der Waals surface area contributed by atoms with Gasteiger partial charge in [-0.3, -0.25) is 0 Å². The number of thiophene rings is 1. The molecule has 0 radical (unpaired) electrons. The number of nitrogens with zero attached hydrogens (tertiary/aromatic N) is 1. The van der Waals surface area contributed by atoms with Gasteiger partial charge in [0.2, 0.25) is 0 Å². The second kappa shape index (κ2) is 6.03. The van der Waals surface area contributed by atoms with Gasteiger partial charge < -0.3 is 15.8 Å². The number of anilines is 2. The maximum atomic E-state index is 11.5. The minimum atomic E-state index is -0.471. The highest BCUT2D eigenvalue weighted by Crippen LogP contribution is 2.23. The molecule has 2 aromatic rings. The van der Waals surface area contributed by atoms with Gasteiger partial charge >= 0.3 is 5.97 Å². The van der Waals surface area contributed by atoms with Crippen molar-refractivity contribution in [1.29, 1.82) is 0 Å². The van der Waals surface area contributed by atoms with Gasteiger partial charge in [-0.15, -0.1) is 11.3 Å². The van der Waals surface area contributed by atoms with Crippen molar-refractivity contribution in [3.05, 3.63) is 38.6 Å². The van der Waals surface area contributed by atoms with E-state index in [0.717, 1.165) is 8.66 Å². The van der Waals surface area contributed by atoms with Gasteiger partial charge in [0.25, 0.3) is 0 Å². The summed E-state index contributed by atoms with van der Waals surface area (Å²) in [6, 6.07) is 5.59. The van der Waals surface area contributed by atoms with Crippen molar-refractivity contribution in [1.82, 2.24) is 4.98 Å².